The second-order valence-corrected chi connectivity index (χ2v) is 9.21. The average molecular weight is 407 g/mol. The second-order valence-electron chi connectivity index (χ2n) is 6.31. The van der Waals surface area contributed by atoms with Crippen LogP contribution in [-0.4, -0.2) is 4.98 Å². The average Bonchev–Trinajstić information content (AvgIpc) is 3.23. The van der Waals surface area contributed by atoms with Crippen molar-refractivity contribution in [3.05, 3.63) is 67.7 Å². The third-order valence-corrected chi connectivity index (χ3v) is 6.85. The van der Waals surface area contributed by atoms with Crippen molar-refractivity contribution < 1.29 is 0 Å². The molecule has 0 amide bonds. The molecule has 3 heterocycles. The maximum absolute atomic E-state index is 6.39. The number of nitrogens with zero attached hydrogens (tertiary/aromatic N) is 1. The van der Waals surface area contributed by atoms with E-state index in [0.29, 0.717) is 5.15 Å². The molecule has 7 heteroatoms. The lowest BCUT2D eigenvalue weighted by molar-refractivity contribution is 0.716. The SMILES string of the molecule is C=C1NC=C(Cc2sc(NCc3cc(C)sc3C)nc2Cl)C1C/C=C\N. The van der Waals surface area contributed by atoms with E-state index in [1.165, 1.54) is 20.9 Å². The number of thiophene rings is 1. The molecule has 1 aliphatic rings. The molecule has 138 valence electrons. The number of hydrogen-bond donors (Lipinski definition) is 3. The van der Waals surface area contributed by atoms with Crippen molar-refractivity contribution in [1.82, 2.24) is 10.3 Å². The first-order chi connectivity index (χ1) is 12.5. The summed E-state index contributed by atoms with van der Waals surface area (Å²) in [6.07, 6.45) is 7.18. The Bertz CT molecular complexity index is 863. The van der Waals surface area contributed by atoms with Gasteiger partial charge < -0.3 is 16.4 Å². The van der Waals surface area contributed by atoms with E-state index in [2.05, 4.69) is 42.1 Å². The van der Waals surface area contributed by atoms with Gasteiger partial charge in [0.1, 0.15) is 5.15 Å². The van der Waals surface area contributed by atoms with Crippen LogP contribution in [0.15, 0.2) is 42.4 Å². The number of hydrogen-bond acceptors (Lipinski definition) is 6. The van der Waals surface area contributed by atoms with Crippen molar-refractivity contribution in [2.75, 3.05) is 5.32 Å². The van der Waals surface area contributed by atoms with E-state index in [4.69, 9.17) is 17.3 Å². The number of rotatable bonds is 7. The first-order valence-corrected chi connectivity index (χ1v) is 10.4. The molecule has 0 fully saturated rings. The zero-order chi connectivity index (χ0) is 18.7. The van der Waals surface area contributed by atoms with Crippen LogP contribution in [0.25, 0.3) is 0 Å². The van der Waals surface area contributed by atoms with Gasteiger partial charge in [-0.05, 0) is 43.7 Å². The number of allylic oxidation sites excluding steroid dienone is 2. The highest BCUT2D eigenvalue weighted by molar-refractivity contribution is 7.16. The predicted molar refractivity (Wildman–Crippen MR) is 114 cm³/mol. The summed E-state index contributed by atoms with van der Waals surface area (Å²) in [4.78, 5) is 8.22. The van der Waals surface area contributed by atoms with Gasteiger partial charge in [0.25, 0.3) is 0 Å². The van der Waals surface area contributed by atoms with E-state index in [1.807, 2.05) is 23.6 Å². The van der Waals surface area contributed by atoms with Gasteiger partial charge in [-0.3, -0.25) is 0 Å². The molecule has 2 aromatic heterocycles. The lowest BCUT2D eigenvalue weighted by Crippen LogP contribution is -2.07. The van der Waals surface area contributed by atoms with Crippen molar-refractivity contribution in [2.24, 2.45) is 11.7 Å². The molecule has 3 rings (SSSR count). The largest absolute Gasteiger partial charge is 0.405 e. The van der Waals surface area contributed by atoms with Gasteiger partial charge in [0, 0.05) is 45.4 Å². The van der Waals surface area contributed by atoms with Crippen molar-refractivity contribution >= 4 is 39.4 Å². The Morgan fingerprint density at radius 3 is 2.92 bits per heavy atom. The van der Waals surface area contributed by atoms with Crippen LogP contribution in [0.5, 0.6) is 0 Å². The second kappa shape index (κ2) is 8.29. The highest BCUT2D eigenvalue weighted by Gasteiger charge is 2.23. The van der Waals surface area contributed by atoms with E-state index in [9.17, 15) is 0 Å². The summed E-state index contributed by atoms with van der Waals surface area (Å²) < 4.78 is 0. The fourth-order valence-electron chi connectivity index (χ4n) is 3.03. The fourth-order valence-corrected chi connectivity index (χ4v) is 5.17. The number of anilines is 1. The maximum Gasteiger partial charge on any atom is 0.184 e. The zero-order valence-electron chi connectivity index (χ0n) is 14.9. The van der Waals surface area contributed by atoms with Crippen LogP contribution in [0.3, 0.4) is 0 Å². The molecule has 0 bridgehead atoms. The van der Waals surface area contributed by atoms with Gasteiger partial charge in [-0.15, -0.1) is 22.7 Å². The van der Waals surface area contributed by atoms with Crippen molar-refractivity contribution in [2.45, 2.75) is 33.2 Å². The summed E-state index contributed by atoms with van der Waals surface area (Å²) in [6.45, 7) is 9.14. The molecule has 0 radical (unpaired) electrons. The Morgan fingerprint density at radius 1 is 1.42 bits per heavy atom. The predicted octanol–water partition coefficient (Wildman–Crippen LogP) is 5.11. The Hall–Kier alpha value is -1.76. The Morgan fingerprint density at radius 2 is 2.23 bits per heavy atom. The van der Waals surface area contributed by atoms with E-state index >= 15 is 0 Å². The highest BCUT2D eigenvalue weighted by Crippen LogP contribution is 2.35. The van der Waals surface area contributed by atoms with Gasteiger partial charge in [0.2, 0.25) is 0 Å². The normalized spacial score (nSPS) is 17.0. The van der Waals surface area contributed by atoms with Crippen molar-refractivity contribution in [3.63, 3.8) is 0 Å². The fraction of sp³-hybridized carbons (Fsp3) is 0.316. The molecule has 2 aromatic rings. The Balaban J connectivity index is 1.66. The number of aromatic nitrogens is 1. The van der Waals surface area contributed by atoms with E-state index in [-0.39, 0.29) is 5.92 Å². The van der Waals surface area contributed by atoms with E-state index < -0.39 is 0 Å². The molecule has 1 aliphatic heterocycles. The molecule has 0 spiro atoms. The summed E-state index contributed by atoms with van der Waals surface area (Å²) in [7, 11) is 0. The van der Waals surface area contributed by atoms with Crippen LogP contribution in [0.1, 0.15) is 26.6 Å². The molecule has 1 unspecified atom stereocenters. The van der Waals surface area contributed by atoms with Gasteiger partial charge in [0.15, 0.2) is 5.13 Å². The lowest BCUT2D eigenvalue weighted by Gasteiger charge is -2.12. The summed E-state index contributed by atoms with van der Waals surface area (Å²) >= 11 is 9.82. The quantitative estimate of drug-likeness (QED) is 0.597. The standard InChI is InChI=1S/C19H23ClN4S2/c1-11-7-14(13(3)25-11)9-23-19-24-18(20)17(26-19)8-15-10-22-12(2)16(15)5-4-6-21/h4,6-7,10,16,22H,2,5,8-9,21H2,1,3H3,(H,23,24)/b6-4-. The third-order valence-electron chi connectivity index (χ3n) is 4.41. The third kappa shape index (κ3) is 4.31. The smallest absolute Gasteiger partial charge is 0.184 e. The summed E-state index contributed by atoms with van der Waals surface area (Å²) in [5.74, 6) is 0.251. The van der Waals surface area contributed by atoms with Crippen LogP contribution >= 0.6 is 34.3 Å². The van der Waals surface area contributed by atoms with Crippen molar-refractivity contribution in [1.29, 1.82) is 0 Å². The van der Waals surface area contributed by atoms with Crippen LogP contribution in [0.4, 0.5) is 5.13 Å². The minimum absolute atomic E-state index is 0.251. The van der Waals surface area contributed by atoms with Crippen molar-refractivity contribution in [3.8, 4) is 0 Å². The number of thiazole rings is 1. The van der Waals surface area contributed by atoms with Crippen LogP contribution in [0.2, 0.25) is 5.15 Å². The molecule has 4 nitrogen and oxygen atoms in total. The molecule has 0 saturated carbocycles. The first kappa shape index (κ1) is 19.0. The van der Waals surface area contributed by atoms with Gasteiger partial charge in [-0.2, -0.15) is 0 Å². The van der Waals surface area contributed by atoms with Crippen LogP contribution in [-0.2, 0) is 13.0 Å². The molecule has 26 heavy (non-hydrogen) atoms. The number of nitrogens with one attached hydrogen (secondary N) is 2. The number of aryl methyl sites for hydroxylation is 2. The molecular formula is C19H23ClN4S2. The van der Waals surface area contributed by atoms with E-state index in [1.54, 1.807) is 17.5 Å². The maximum atomic E-state index is 6.39. The summed E-state index contributed by atoms with van der Waals surface area (Å²) in [5.41, 5.74) is 9.06. The summed E-state index contributed by atoms with van der Waals surface area (Å²) in [5, 5.41) is 8.06. The van der Waals surface area contributed by atoms with Gasteiger partial charge in [-0.25, -0.2) is 4.98 Å². The monoisotopic (exact) mass is 406 g/mol. The zero-order valence-corrected chi connectivity index (χ0v) is 17.3. The van der Waals surface area contributed by atoms with Gasteiger partial charge in [0.05, 0.1) is 0 Å². The minimum atomic E-state index is 0.251. The van der Waals surface area contributed by atoms with E-state index in [0.717, 1.165) is 35.1 Å². The van der Waals surface area contributed by atoms with Crippen LogP contribution in [0, 0.1) is 19.8 Å². The molecular weight excluding hydrogens is 384 g/mol. The molecule has 1 atom stereocenters. The minimum Gasteiger partial charge on any atom is -0.405 e. The van der Waals surface area contributed by atoms with Gasteiger partial charge >= 0.3 is 0 Å². The molecule has 4 N–H and O–H groups in total. The number of nitrogens with two attached hydrogens (primary N) is 1. The lowest BCUT2D eigenvalue weighted by atomic mass is 9.93. The van der Waals surface area contributed by atoms with Gasteiger partial charge in [-0.1, -0.05) is 24.3 Å². The Labute approximate surface area is 167 Å². The molecule has 0 aliphatic carbocycles. The topological polar surface area (TPSA) is 63.0 Å². The molecule has 0 saturated heterocycles. The Kier molecular flexibility index (Phi) is 6.06. The van der Waals surface area contributed by atoms with Crippen LogP contribution < -0.4 is 16.4 Å². The number of halogens is 1. The molecule has 0 aromatic carbocycles. The first-order valence-electron chi connectivity index (χ1n) is 8.44. The summed E-state index contributed by atoms with van der Waals surface area (Å²) in [6, 6.07) is 2.22. The highest BCUT2D eigenvalue weighted by atomic mass is 35.5.